The highest BCUT2D eigenvalue weighted by molar-refractivity contribution is 7.18. The molecular formula is C16H23N3S. The number of hydrogen-bond donors (Lipinski definition) is 1. The molecule has 4 heteroatoms. The van der Waals surface area contributed by atoms with Gasteiger partial charge in [0.2, 0.25) is 0 Å². The number of fused-ring (bicyclic) bond motifs is 1. The van der Waals surface area contributed by atoms with E-state index < -0.39 is 0 Å². The van der Waals surface area contributed by atoms with E-state index in [2.05, 4.69) is 55.3 Å². The predicted molar refractivity (Wildman–Crippen MR) is 86.2 cm³/mol. The van der Waals surface area contributed by atoms with Gasteiger partial charge in [-0.2, -0.15) is 0 Å². The molecular weight excluding hydrogens is 266 g/mol. The second-order valence-electron chi connectivity index (χ2n) is 6.12. The monoisotopic (exact) mass is 289 g/mol. The summed E-state index contributed by atoms with van der Waals surface area (Å²) in [4.78, 5) is 7.34. The summed E-state index contributed by atoms with van der Waals surface area (Å²) < 4.78 is 1.29. The van der Waals surface area contributed by atoms with Crippen molar-refractivity contribution in [3.63, 3.8) is 0 Å². The molecule has 108 valence electrons. The molecule has 20 heavy (non-hydrogen) atoms. The van der Waals surface area contributed by atoms with E-state index in [0.29, 0.717) is 6.04 Å². The summed E-state index contributed by atoms with van der Waals surface area (Å²) >= 11 is 1.83. The largest absolute Gasteiger partial charge is 0.309 e. The van der Waals surface area contributed by atoms with Crippen molar-refractivity contribution < 1.29 is 0 Å². The number of thiazole rings is 1. The van der Waals surface area contributed by atoms with Gasteiger partial charge >= 0.3 is 0 Å². The lowest BCUT2D eigenvalue weighted by Gasteiger charge is -2.44. The van der Waals surface area contributed by atoms with E-state index in [1.165, 1.54) is 9.71 Å². The minimum absolute atomic E-state index is 0.239. The zero-order valence-electron chi connectivity index (χ0n) is 12.5. The third-order valence-electron chi connectivity index (χ3n) is 4.46. The summed E-state index contributed by atoms with van der Waals surface area (Å²) in [5, 5.41) is 4.91. The molecule has 0 aliphatic carbocycles. The van der Waals surface area contributed by atoms with E-state index in [0.717, 1.165) is 31.6 Å². The first-order chi connectivity index (χ1) is 9.59. The lowest BCUT2D eigenvalue weighted by atomic mass is 9.94. The Morgan fingerprint density at radius 2 is 2.25 bits per heavy atom. The molecule has 0 bridgehead atoms. The Kier molecular flexibility index (Phi) is 3.80. The molecule has 1 aromatic heterocycles. The molecule has 3 nitrogen and oxygen atoms in total. The molecule has 1 N–H and O–H groups in total. The fourth-order valence-corrected chi connectivity index (χ4v) is 3.79. The molecule has 2 atom stereocenters. The Morgan fingerprint density at radius 3 is 3.00 bits per heavy atom. The lowest BCUT2D eigenvalue weighted by Crippen LogP contribution is -2.61. The molecule has 0 amide bonds. The fourth-order valence-electron chi connectivity index (χ4n) is 2.79. The maximum absolute atomic E-state index is 4.77. The van der Waals surface area contributed by atoms with Crippen LogP contribution in [0.4, 0.5) is 0 Å². The number of para-hydroxylation sites is 1. The predicted octanol–water partition coefficient (Wildman–Crippen LogP) is 3.26. The van der Waals surface area contributed by atoms with Gasteiger partial charge in [0, 0.05) is 24.7 Å². The molecule has 2 heterocycles. The molecule has 1 saturated heterocycles. The second-order valence-corrected chi connectivity index (χ2v) is 7.24. The standard InChI is InChI=1S/C16H23N3S/c1-4-16(3)11-19(12(2)9-17-16)10-15-18-13-7-5-6-8-14(13)20-15/h5-8,12,17H,4,9-11H2,1-3H3. The van der Waals surface area contributed by atoms with Crippen LogP contribution in [0.5, 0.6) is 0 Å². The molecule has 0 saturated carbocycles. The molecule has 2 unspecified atom stereocenters. The molecule has 3 rings (SSSR count). The van der Waals surface area contributed by atoms with Crippen LogP contribution in [0.3, 0.4) is 0 Å². The highest BCUT2D eigenvalue weighted by Gasteiger charge is 2.32. The fraction of sp³-hybridized carbons (Fsp3) is 0.562. The summed E-state index contributed by atoms with van der Waals surface area (Å²) in [6, 6.07) is 8.99. The number of piperazine rings is 1. The average Bonchev–Trinajstić information content (AvgIpc) is 2.85. The summed E-state index contributed by atoms with van der Waals surface area (Å²) in [5.74, 6) is 0. The Bertz CT molecular complexity index is 561. The molecule has 0 spiro atoms. The number of hydrogen-bond acceptors (Lipinski definition) is 4. The van der Waals surface area contributed by atoms with Gasteiger partial charge in [0.25, 0.3) is 0 Å². The van der Waals surface area contributed by atoms with Crippen molar-refractivity contribution in [1.29, 1.82) is 0 Å². The van der Waals surface area contributed by atoms with Crippen LogP contribution >= 0.6 is 11.3 Å². The van der Waals surface area contributed by atoms with Gasteiger partial charge in [-0.15, -0.1) is 11.3 Å². The van der Waals surface area contributed by atoms with Gasteiger partial charge in [-0.25, -0.2) is 4.98 Å². The van der Waals surface area contributed by atoms with Crippen LogP contribution in [-0.4, -0.2) is 34.6 Å². The van der Waals surface area contributed by atoms with Crippen LogP contribution in [0.15, 0.2) is 24.3 Å². The Morgan fingerprint density at radius 1 is 1.45 bits per heavy atom. The number of aromatic nitrogens is 1. The van der Waals surface area contributed by atoms with E-state index in [-0.39, 0.29) is 5.54 Å². The van der Waals surface area contributed by atoms with Gasteiger partial charge in [-0.05, 0) is 32.4 Å². The van der Waals surface area contributed by atoms with Crippen molar-refractivity contribution in [2.45, 2.75) is 45.3 Å². The molecule has 1 aliphatic rings. The van der Waals surface area contributed by atoms with Crippen LogP contribution in [-0.2, 0) is 6.54 Å². The van der Waals surface area contributed by atoms with Gasteiger partial charge in [0.05, 0.1) is 16.8 Å². The lowest BCUT2D eigenvalue weighted by molar-refractivity contribution is 0.0866. The van der Waals surface area contributed by atoms with E-state index in [1.807, 2.05) is 11.3 Å². The maximum Gasteiger partial charge on any atom is 0.108 e. The zero-order valence-corrected chi connectivity index (χ0v) is 13.3. The van der Waals surface area contributed by atoms with Gasteiger partial charge in [-0.3, -0.25) is 4.90 Å². The van der Waals surface area contributed by atoms with E-state index in [1.54, 1.807) is 0 Å². The first-order valence-corrected chi connectivity index (χ1v) is 8.25. The van der Waals surface area contributed by atoms with Crippen molar-refractivity contribution in [2.24, 2.45) is 0 Å². The van der Waals surface area contributed by atoms with Crippen LogP contribution < -0.4 is 5.32 Å². The SMILES string of the molecule is CCC1(C)CN(Cc2nc3ccccc3s2)C(C)CN1. The quantitative estimate of drug-likeness (QED) is 0.940. The summed E-state index contributed by atoms with van der Waals surface area (Å²) in [5.41, 5.74) is 1.37. The smallest absolute Gasteiger partial charge is 0.108 e. The Labute approximate surface area is 125 Å². The average molecular weight is 289 g/mol. The van der Waals surface area contributed by atoms with Crippen molar-refractivity contribution >= 4 is 21.6 Å². The molecule has 1 aliphatic heterocycles. The first kappa shape index (κ1) is 14.0. The summed E-state index contributed by atoms with van der Waals surface area (Å²) in [7, 11) is 0. The minimum Gasteiger partial charge on any atom is -0.309 e. The number of benzene rings is 1. The first-order valence-electron chi connectivity index (χ1n) is 7.43. The molecule has 2 aromatic rings. The van der Waals surface area contributed by atoms with Crippen molar-refractivity contribution in [3.8, 4) is 0 Å². The van der Waals surface area contributed by atoms with Crippen molar-refractivity contribution in [3.05, 3.63) is 29.3 Å². The Hall–Kier alpha value is -0.970. The highest BCUT2D eigenvalue weighted by Crippen LogP contribution is 2.25. The van der Waals surface area contributed by atoms with Crippen LogP contribution in [0.25, 0.3) is 10.2 Å². The highest BCUT2D eigenvalue weighted by atomic mass is 32.1. The molecule has 1 fully saturated rings. The molecule has 1 aromatic carbocycles. The van der Waals surface area contributed by atoms with Gasteiger partial charge < -0.3 is 5.32 Å². The minimum atomic E-state index is 0.239. The summed E-state index contributed by atoms with van der Waals surface area (Å²) in [6.45, 7) is 10.0. The van der Waals surface area contributed by atoms with E-state index in [9.17, 15) is 0 Å². The summed E-state index contributed by atoms with van der Waals surface area (Å²) in [6.07, 6.45) is 1.16. The second kappa shape index (κ2) is 5.43. The number of rotatable bonds is 3. The maximum atomic E-state index is 4.77. The molecule has 0 radical (unpaired) electrons. The third kappa shape index (κ3) is 2.73. The third-order valence-corrected chi connectivity index (χ3v) is 5.48. The van der Waals surface area contributed by atoms with Crippen LogP contribution in [0.1, 0.15) is 32.2 Å². The van der Waals surface area contributed by atoms with Crippen LogP contribution in [0, 0.1) is 0 Å². The van der Waals surface area contributed by atoms with Gasteiger partial charge in [-0.1, -0.05) is 19.1 Å². The van der Waals surface area contributed by atoms with E-state index >= 15 is 0 Å². The number of nitrogens with zero attached hydrogens (tertiary/aromatic N) is 2. The topological polar surface area (TPSA) is 28.2 Å². The van der Waals surface area contributed by atoms with Crippen LogP contribution in [0.2, 0.25) is 0 Å². The van der Waals surface area contributed by atoms with E-state index in [4.69, 9.17) is 4.98 Å². The zero-order chi connectivity index (χ0) is 14.2. The van der Waals surface area contributed by atoms with Crippen molar-refractivity contribution in [1.82, 2.24) is 15.2 Å². The normalized spacial score (nSPS) is 28.1. The van der Waals surface area contributed by atoms with Gasteiger partial charge in [0.15, 0.2) is 0 Å². The van der Waals surface area contributed by atoms with Crippen molar-refractivity contribution in [2.75, 3.05) is 13.1 Å². The number of nitrogens with one attached hydrogen (secondary N) is 1. The van der Waals surface area contributed by atoms with Gasteiger partial charge in [0.1, 0.15) is 5.01 Å². The Balaban J connectivity index is 1.78.